The van der Waals surface area contributed by atoms with Crippen LogP contribution in [0.25, 0.3) is 0 Å². The van der Waals surface area contributed by atoms with Crippen molar-refractivity contribution in [1.82, 2.24) is 25.9 Å². The van der Waals surface area contributed by atoms with Gasteiger partial charge < -0.3 is 10.6 Å². The second-order valence-corrected chi connectivity index (χ2v) is 11.5. The van der Waals surface area contributed by atoms with Crippen molar-refractivity contribution < 1.29 is 9.59 Å². The minimum atomic E-state index is -0.337. The number of carbonyl (C=O) groups is 2. The average Bonchev–Trinajstić information content (AvgIpc) is 3.45. The van der Waals surface area contributed by atoms with E-state index in [9.17, 15) is 9.59 Å². The van der Waals surface area contributed by atoms with Crippen LogP contribution in [-0.2, 0) is 0 Å². The molecule has 1 aromatic heterocycles. The maximum absolute atomic E-state index is 13.1. The molecule has 4 N–H and O–H groups in total. The third kappa shape index (κ3) is 7.28. The monoisotopic (exact) mass is 569 g/mol. The highest BCUT2D eigenvalue weighted by Crippen LogP contribution is 2.43. The molecular weight excluding hydrogens is 537 g/mol. The zero-order chi connectivity index (χ0) is 27.2. The third-order valence-electron chi connectivity index (χ3n) is 8.11. The van der Waals surface area contributed by atoms with Crippen LogP contribution in [0.3, 0.4) is 0 Å². The van der Waals surface area contributed by atoms with Crippen LogP contribution in [0.4, 0.5) is 16.4 Å². The summed E-state index contributed by atoms with van der Waals surface area (Å²) < 4.78 is 0. The van der Waals surface area contributed by atoms with Gasteiger partial charge in [0.05, 0.1) is 6.04 Å². The molecule has 0 aliphatic heterocycles. The summed E-state index contributed by atoms with van der Waals surface area (Å²) in [6.45, 7) is 0. The highest BCUT2D eigenvalue weighted by molar-refractivity contribution is 6.35. The number of benzene rings is 2. The molecule has 2 aromatic carbocycles. The van der Waals surface area contributed by atoms with E-state index < -0.39 is 0 Å². The van der Waals surface area contributed by atoms with Crippen LogP contribution in [0, 0.1) is 17.8 Å². The highest BCUT2D eigenvalue weighted by Gasteiger charge is 2.33. The zero-order valence-corrected chi connectivity index (χ0v) is 23.1. The van der Waals surface area contributed by atoms with Crippen LogP contribution in [0.1, 0.15) is 79.8 Å². The van der Waals surface area contributed by atoms with Gasteiger partial charge >= 0.3 is 6.03 Å². The number of nitrogens with one attached hydrogen (secondary N) is 4. The molecule has 11 heteroatoms. The number of aromatic amines is 1. The molecule has 1 atom stereocenters. The second-order valence-electron chi connectivity index (χ2n) is 10.6. The molecular formula is C28H33Cl2N7O2. The number of aromatic nitrogens is 4. The smallest absolute Gasteiger partial charge is 0.319 e. The van der Waals surface area contributed by atoms with Gasteiger partial charge in [0.25, 0.3) is 11.9 Å². The molecule has 5 rings (SSSR count). The van der Waals surface area contributed by atoms with E-state index in [4.69, 9.17) is 23.2 Å². The first-order valence-electron chi connectivity index (χ1n) is 13.6. The molecule has 0 bridgehead atoms. The van der Waals surface area contributed by atoms with Crippen LogP contribution < -0.4 is 16.0 Å². The topological polar surface area (TPSA) is 125 Å². The molecule has 206 valence electrons. The summed E-state index contributed by atoms with van der Waals surface area (Å²) in [5.41, 5.74) is 1.94. The lowest BCUT2D eigenvalue weighted by atomic mass is 9.69. The van der Waals surface area contributed by atoms with Crippen molar-refractivity contribution in [3.05, 3.63) is 63.6 Å². The Labute approximate surface area is 237 Å². The quantitative estimate of drug-likeness (QED) is 0.243. The molecule has 39 heavy (non-hydrogen) atoms. The first-order chi connectivity index (χ1) is 18.9. The van der Waals surface area contributed by atoms with Crippen molar-refractivity contribution in [3.63, 3.8) is 0 Å². The largest absolute Gasteiger partial charge is 0.331 e. The Morgan fingerprint density at radius 2 is 1.51 bits per heavy atom. The predicted octanol–water partition coefficient (Wildman–Crippen LogP) is 7.01. The summed E-state index contributed by atoms with van der Waals surface area (Å²) in [5, 5.41) is 22.8. The molecule has 2 aliphatic rings. The molecule has 2 fully saturated rings. The fourth-order valence-corrected chi connectivity index (χ4v) is 6.72. The predicted molar refractivity (Wildman–Crippen MR) is 152 cm³/mol. The number of hydrogen-bond acceptors (Lipinski definition) is 5. The van der Waals surface area contributed by atoms with E-state index in [1.165, 1.54) is 44.9 Å². The van der Waals surface area contributed by atoms with Crippen molar-refractivity contribution in [3.8, 4) is 0 Å². The summed E-state index contributed by atoms with van der Waals surface area (Å²) in [6.07, 6.45) is 11.3. The Kier molecular flexibility index (Phi) is 8.98. The molecule has 0 spiro atoms. The van der Waals surface area contributed by atoms with Gasteiger partial charge in [0, 0.05) is 21.3 Å². The minimum absolute atomic E-state index is 0.108. The molecule has 1 heterocycles. The van der Waals surface area contributed by atoms with Gasteiger partial charge in [-0.05, 0) is 84.5 Å². The zero-order valence-electron chi connectivity index (χ0n) is 21.6. The number of tetrazole rings is 1. The molecule has 1 unspecified atom stereocenters. The summed E-state index contributed by atoms with van der Waals surface area (Å²) >= 11 is 12.2. The van der Waals surface area contributed by atoms with E-state index in [1.54, 1.807) is 30.3 Å². The molecule has 2 aliphatic carbocycles. The summed E-state index contributed by atoms with van der Waals surface area (Å²) in [7, 11) is 0. The van der Waals surface area contributed by atoms with Crippen LogP contribution in [0.2, 0.25) is 10.0 Å². The number of rotatable bonds is 7. The first-order valence-corrected chi connectivity index (χ1v) is 14.4. The lowest BCUT2D eigenvalue weighted by Gasteiger charge is -2.38. The number of halogens is 2. The Morgan fingerprint density at radius 1 is 0.846 bits per heavy atom. The number of H-pyrrole nitrogens is 1. The van der Waals surface area contributed by atoms with E-state index in [-0.39, 0.29) is 29.8 Å². The Balaban J connectivity index is 1.30. The number of amides is 3. The summed E-state index contributed by atoms with van der Waals surface area (Å²) in [5.74, 6) is 1.68. The summed E-state index contributed by atoms with van der Waals surface area (Å²) in [6, 6.07) is 11.7. The van der Waals surface area contributed by atoms with Gasteiger partial charge in [0.2, 0.25) is 0 Å². The van der Waals surface area contributed by atoms with Crippen molar-refractivity contribution in [2.75, 3.05) is 10.6 Å². The number of carbonyl (C=O) groups excluding carboxylic acids is 2. The average molecular weight is 571 g/mol. The minimum Gasteiger partial charge on any atom is -0.331 e. The SMILES string of the molecule is O=C(Nc1cc(Cl)cc(Cl)c1)NC(c1ccc(C(=O)Nc2nn[nH]n2)cc1)[C@H]1CC[C@H](C2CCCCC2)CC1. The maximum Gasteiger partial charge on any atom is 0.319 e. The molecule has 9 nitrogen and oxygen atoms in total. The van der Waals surface area contributed by atoms with E-state index in [2.05, 4.69) is 36.6 Å². The number of nitrogens with zero attached hydrogens (tertiary/aromatic N) is 3. The Bertz CT molecular complexity index is 1240. The van der Waals surface area contributed by atoms with Crippen LogP contribution in [-0.4, -0.2) is 32.6 Å². The van der Waals surface area contributed by atoms with Crippen LogP contribution in [0.15, 0.2) is 42.5 Å². The van der Waals surface area contributed by atoms with E-state index in [0.29, 0.717) is 21.3 Å². The van der Waals surface area contributed by atoms with Gasteiger partial charge in [-0.25, -0.2) is 4.79 Å². The number of hydrogen-bond donors (Lipinski definition) is 4. The van der Waals surface area contributed by atoms with Crippen molar-refractivity contribution in [2.45, 2.75) is 63.8 Å². The van der Waals surface area contributed by atoms with Crippen LogP contribution in [0.5, 0.6) is 0 Å². The molecule has 0 saturated heterocycles. The van der Waals surface area contributed by atoms with E-state index in [0.717, 1.165) is 30.2 Å². The van der Waals surface area contributed by atoms with Crippen molar-refractivity contribution >= 4 is 46.8 Å². The lowest BCUT2D eigenvalue weighted by molar-refractivity contribution is 0.102. The standard InChI is InChI=1S/C28H33Cl2N7O2/c29-22-14-23(30)16-24(15-22)31-28(39)32-25(19-8-6-18(7-9-19)17-4-2-1-3-5-17)20-10-12-21(13-11-20)26(38)33-27-34-36-37-35-27/h10-19,25H,1-9H2,(H2,31,32,39)(H2,33,34,35,36,37,38)/t18-,19-,25?. The van der Waals surface area contributed by atoms with Crippen molar-refractivity contribution in [2.24, 2.45) is 17.8 Å². The fourth-order valence-electron chi connectivity index (χ4n) is 6.19. The molecule has 3 aromatic rings. The van der Waals surface area contributed by atoms with Gasteiger partial charge in [-0.2, -0.15) is 5.21 Å². The maximum atomic E-state index is 13.1. The number of urea groups is 1. The van der Waals surface area contributed by atoms with Crippen molar-refractivity contribution in [1.29, 1.82) is 0 Å². The Hall–Kier alpha value is -3.17. The van der Waals surface area contributed by atoms with E-state index in [1.807, 2.05) is 12.1 Å². The van der Waals surface area contributed by atoms with Gasteiger partial charge in [-0.15, -0.1) is 5.10 Å². The third-order valence-corrected chi connectivity index (χ3v) is 8.55. The normalized spacial score (nSPS) is 20.7. The summed E-state index contributed by atoms with van der Waals surface area (Å²) in [4.78, 5) is 25.7. The van der Waals surface area contributed by atoms with E-state index >= 15 is 0 Å². The van der Waals surface area contributed by atoms with Gasteiger partial charge in [-0.3, -0.25) is 10.1 Å². The first kappa shape index (κ1) is 27.4. The molecule has 0 radical (unpaired) electrons. The lowest BCUT2D eigenvalue weighted by Crippen LogP contribution is -2.38. The Morgan fingerprint density at radius 3 is 2.15 bits per heavy atom. The second kappa shape index (κ2) is 12.8. The van der Waals surface area contributed by atoms with Gasteiger partial charge in [0.15, 0.2) is 0 Å². The van der Waals surface area contributed by atoms with Gasteiger partial charge in [0.1, 0.15) is 0 Å². The molecule has 2 saturated carbocycles. The molecule has 3 amide bonds. The van der Waals surface area contributed by atoms with Gasteiger partial charge in [-0.1, -0.05) is 72.5 Å². The number of anilines is 2. The highest BCUT2D eigenvalue weighted by atomic mass is 35.5. The fraction of sp³-hybridized carbons (Fsp3) is 0.464. The van der Waals surface area contributed by atoms with Crippen LogP contribution >= 0.6 is 23.2 Å².